The first-order chi connectivity index (χ1) is 26.0. The molecule has 11 heteroatoms. The van der Waals surface area contributed by atoms with Gasteiger partial charge in [0.25, 0.3) is 0 Å². The van der Waals surface area contributed by atoms with Gasteiger partial charge < -0.3 is 9.30 Å². The van der Waals surface area contributed by atoms with Crippen LogP contribution < -0.4 is 0 Å². The number of carbonyl (C=O) groups is 1. The van der Waals surface area contributed by atoms with Crippen LogP contribution in [0.25, 0.3) is 16.6 Å². The van der Waals surface area contributed by atoms with Crippen molar-refractivity contribution >= 4 is 32.6 Å². The van der Waals surface area contributed by atoms with Crippen molar-refractivity contribution in [2.45, 2.75) is 77.3 Å². The van der Waals surface area contributed by atoms with Crippen LogP contribution in [-0.2, 0) is 32.5 Å². The number of hydrogen-bond donors (Lipinski definition) is 0. The van der Waals surface area contributed by atoms with Gasteiger partial charge in [-0.05, 0) is 93.6 Å². The van der Waals surface area contributed by atoms with Crippen LogP contribution in [0.3, 0.4) is 0 Å². The average molecular weight is 749 g/mol. The summed E-state index contributed by atoms with van der Waals surface area (Å²) >= 11 is 0. The van der Waals surface area contributed by atoms with Gasteiger partial charge >= 0.3 is 5.97 Å². The molecule has 0 spiro atoms. The molecule has 1 aliphatic heterocycles. The van der Waals surface area contributed by atoms with Gasteiger partial charge in [0, 0.05) is 44.0 Å². The number of esters is 1. The van der Waals surface area contributed by atoms with E-state index in [1.165, 1.54) is 22.7 Å². The van der Waals surface area contributed by atoms with Crippen LogP contribution in [0.15, 0.2) is 96.2 Å². The SMILES string of the molecule is Cc1ccc(/C(=C\CN2CCCC2)c2cccc(CCC(=O)OC[C@H](CC(C)C)N(C)S(=O)(=O)c3ccc(Cn4c(C)nc5cnccc54)cc3)n2)cc1. The molecule has 1 saturated heterocycles. The van der Waals surface area contributed by atoms with E-state index in [0.717, 1.165) is 64.6 Å². The molecule has 1 atom stereocenters. The van der Waals surface area contributed by atoms with E-state index < -0.39 is 16.1 Å². The normalized spacial score (nSPS) is 14.7. The monoisotopic (exact) mass is 748 g/mol. The molecule has 0 radical (unpaired) electrons. The fraction of sp³-hybridized carbons (Fsp3) is 0.395. The number of likely N-dealkylation sites (tertiary alicyclic amines) is 1. The Kier molecular flexibility index (Phi) is 12.7. The summed E-state index contributed by atoms with van der Waals surface area (Å²) in [7, 11) is -2.29. The Balaban J connectivity index is 1.08. The van der Waals surface area contributed by atoms with Crippen LogP contribution in [-0.4, -0.2) is 82.4 Å². The number of pyridine rings is 2. The number of nitrogens with zero attached hydrogens (tertiary/aromatic N) is 6. The van der Waals surface area contributed by atoms with Gasteiger partial charge in [-0.15, -0.1) is 0 Å². The van der Waals surface area contributed by atoms with Crippen molar-refractivity contribution in [1.29, 1.82) is 0 Å². The number of aromatic nitrogens is 4. The minimum absolute atomic E-state index is 0.0308. The summed E-state index contributed by atoms with van der Waals surface area (Å²) in [4.78, 5) is 29.5. The fourth-order valence-electron chi connectivity index (χ4n) is 7.03. The minimum atomic E-state index is -3.86. The quantitative estimate of drug-likeness (QED) is 0.0973. The zero-order valence-corrected chi connectivity index (χ0v) is 32.9. The number of aryl methyl sites for hydroxylation is 3. The van der Waals surface area contributed by atoms with E-state index in [9.17, 15) is 13.2 Å². The van der Waals surface area contributed by atoms with Crippen LogP contribution in [0.2, 0.25) is 0 Å². The lowest BCUT2D eigenvalue weighted by Gasteiger charge is -2.28. The molecule has 0 saturated carbocycles. The predicted molar refractivity (Wildman–Crippen MR) is 213 cm³/mol. The lowest BCUT2D eigenvalue weighted by atomic mass is 10.00. The summed E-state index contributed by atoms with van der Waals surface area (Å²) in [5.41, 5.74) is 7.84. The lowest BCUT2D eigenvalue weighted by Crippen LogP contribution is -2.41. The largest absolute Gasteiger partial charge is 0.464 e. The van der Waals surface area contributed by atoms with Crippen LogP contribution in [0.4, 0.5) is 0 Å². The van der Waals surface area contributed by atoms with Gasteiger partial charge in [-0.1, -0.05) is 68.0 Å². The zero-order chi connectivity index (χ0) is 38.2. The standard InChI is InChI=1S/C43H52N6O4S/c1-31(2)27-37(47(5)54(51,52)38-18-13-34(14-19-38)29-49-33(4)45-41-28-44-23-21-42(41)49)30-53-43(50)20-17-36-9-8-10-40(46-36)39(22-26-48-24-6-7-25-48)35-15-11-32(3)12-16-35/h8-16,18-19,21-23,28,31,37H,6-7,17,20,24-27,29-30H2,1-5H3/b39-22+/t37-/m0/s1. The molecule has 3 aromatic heterocycles. The maximum absolute atomic E-state index is 13.8. The van der Waals surface area contributed by atoms with Crippen molar-refractivity contribution in [3.63, 3.8) is 0 Å². The topological polar surface area (TPSA) is 111 Å². The zero-order valence-electron chi connectivity index (χ0n) is 32.1. The number of sulfonamides is 1. The lowest BCUT2D eigenvalue weighted by molar-refractivity contribution is -0.145. The van der Waals surface area contributed by atoms with Gasteiger partial charge in [0.05, 0.1) is 34.8 Å². The van der Waals surface area contributed by atoms with Crippen molar-refractivity contribution in [2.75, 3.05) is 33.3 Å². The van der Waals surface area contributed by atoms with Crippen LogP contribution in [0, 0.1) is 19.8 Å². The third-order valence-electron chi connectivity index (χ3n) is 10.2. The molecular weight excluding hydrogens is 697 g/mol. The summed E-state index contributed by atoms with van der Waals surface area (Å²) in [5, 5.41) is 0. The van der Waals surface area contributed by atoms with E-state index in [1.807, 2.05) is 57.2 Å². The molecule has 0 unspecified atom stereocenters. The summed E-state index contributed by atoms with van der Waals surface area (Å²) < 4.78 is 36.9. The summed E-state index contributed by atoms with van der Waals surface area (Å²) in [6.07, 6.45) is 9.32. The first-order valence-corrected chi connectivity index (χ1v) is 20.4. The molecule has 54 heavy (non-hydrogen) atoms. The number of imidazole rings is 1. The van der Waals surface area contributed by atoms with E-state index >= 15 is 0 Å². The van der Waals surface area contributed by atoms with Crippen LogP contribution in [0.5, 0.6) is 0 Å². The minimum Gasteiger partial charge on any atom is -0.464 e. The predicted octanol–water partition coefficient (Wildman–Crippen LogP) is 7.23. The Morgan fingerprint density at radius 1 is 0.963 bits per heavy atom. The van der Waals surface area contributed by atoms with E-state index in [-0.39, 0.29) is 29.8 Å². The van der Waals surface area contributed by atoms with Gasteiger partial charge in [0.2, 0.25) is 10.0 Å². The molecule has 1 aliphatic rings. The molecule has 5 aromatic rings. The Labute approximate surface area is 320 Å². The third kappa shape index (κ3) is 9.68. The fourth-order valence-corrected chi connectivity index (χ4v) is 8.38. The third-order valence-corrected chi connectivity index (χ3v) is 12.1. The van der Waals surface area contributed by atoms with Gasteiger partial charge in [-0.3, -0.25) is 19.7 Å². The van der Waals surface area contributed by atoms with Crippen LogP contribution in [0.1, 0.15) is 73.4 Å². The molecule has 1 fully saturated rings. The maximum atomic E-state index is 13.8. The van der Waals surface area contributed by atoms with Crippen LogP contribution >= 0.6 is 0 Å². The second-order valence-electron chi connectivity index (χ2n) is 14.7. The van der Waals surface area contributed by atoms with Gasteiger partial charge in [0.15, 0.2) is 0 Å². The number of benzene rings is 2. The Bertz CT molecular complexity index is 2170. The summed E-state index contributed by atoms with van der Waals surface area (Å²) in [5.74, 6) is 0.663. The number of carbonyl (C=O) groups excluding carboxylic acids is 1. The number of fused-ring (bicyclic) bond motifs is 1. The Hall–Kier alpha value is -4.71. The number of ether oxygens (including phenoxy) is 1. The molecule has 6 rings (SSSR count). The van der Waals surface area contributed by atoms with Crippen molar-refractivity contribution in [1.82, 2.24) is 28.7 Å². The van der Waals surface area contributed by atoms with E-state index in [0.29, 0.717) is 19.4 Å². The highest BCUT2D eigenvalue weighted by atomic mass is 32.2. The molecule has 0 aliphatic carbocycles. The van der Waals surface area contributed by atoms with E-state index in [2.05, 4.69) is 56.7 Å². The Morgan fingerprint density at radius 3 is 2.43 bits per heavy atom. The molecule has 2 aromatic carbocycles. The number of likely N-dealkylation sites (N-methyl/N-ethyl adjacent to an activating group) is 1. The highest BCUT2D eigenvalue weighted by Gasteiger charge is 2.30. The second-order valence-corrected chi connectivity index (χ2v) is 16.7. The molecule has 0 amide bonds. The molecular formula is C43H52N6O4S. The number of rotatable bonds is 16. The highest BCUT2D eigenvalue weighted by molar-refractivity contribution is 7.89. The average Bonchev–Trinajstić information content (AvgIpc) is 3.80. The summed E-state index contributed by atoms with van der Waals surface area (Å²) in [6.45, 7) is 11.7. The summed E-state index contributed by atoms with van der Waals surface area (Å²) in [6, 6.07) is 22.8. The van der Waals surface area contributed by atoms with Crippen molar-refractivity contribution in [2.24, 2.45) is 5.92 Å². The van der Waals surface area contributed by atoms with Gasteiger partial charge in [-0.25, -0.2) is 13.4 Å². The van der Waals surface area contributed by atoms with Crippen molar-refractivity contribution in [3.8, 4) is 0 Å². The highest BCUT2D eigenvalue weighted by Crippen LogP contribution is 2.25. The smallest absolute Gasteiger partial charge is 0.306 e. The van der Waals surface area contributed by atoms with Gasteiger partial charge in [-0.2, -0.15) is 4.31 Å². The molecule has 4 heterocycles. The molecule has 284 valence electrons. The number of hydrogen-bond acceptors (Lipinski definition) is 8. The first kappa shape index (κ1) is 39.0. The molecule has 10 nitrogen and oxygen atoms in total. The molecule has 0 N–H and O–H groups in total. The van der Waals surface area contributed by atoms with Gasteiger partial charge in [0.1, 0.15) is 17.9 Å². The first-order valence-electron chi connectivity index (χ1n) is 18.9. The maximum Gasteiger partial charge on any atom is 0.306 e. The molecule has 0 bridgehead atoms. The van der Waals surface area contributed by atoms with Crippen molar-refractivity contribution in [3.05, 3.63) is 125 Å². The van der Waals surface area contributed by atoms with E-state index in [4.69, 9.17) is 9.72 Å². The van der Waals surface area contributed by atoms with Crippen molar-refractivity contribution < 1.29 is 17.9 Å². The Morgan fingerprint density at radius 2 is 1.70 bits per heavy atom. The van der Waals surface area contributed by atoms with E-state index in [1.54, 1.807) is 31.6 Å². The second kappa shape index (κ2) is 17.6.